The molecular formula is C14H15F3N2O2. The second kappa shape index (κ2) is 6.62. The smallest absolute Gasteiger partial charge is 0.416 e. The second-order valence-corrected chi connectivity index (χ2v) is 4.38. The molecule has 0 spiro atoms. The van der Waals surface area contributed by atoms with E-state index in [1.54, 1.807) is 6.07 Å². The van der Waals surface area contributed by atoms with Gasteiger partial charge in [0, 0.05) is 12.6 Å². The Labute approximate surface area is 119 Å². The van der Waals surface area contributed by atoms with Gasteiger partial charge >= 0.3 is 6.18 Å². The summed E-state index contributed by atoms with van der Waals surface area (Å²) >= 11 is 0. The van der Waals surface area contributed by atoms with Crippen molar-refractivity contribution in [2.24, 2.45) is 0 Å². The molecular weight excluding hydrogens is 285 g/mol. The lowest BCUT2D eigenvalue weighted by molar-refractivity contribution is -0.137. The first-order valence-electron chi connectivity index (χ1n) is 6.44. The quantitative estimate of drug-likeness (QED) is 0.888. The van der Waals surface area contributed by atoms with Crippen LogP contribution in [0.25, 0.3) is 0 Å². The third-order valence-corrected chi connectivity index (χ3v) is 2.71. The Morgan fingerprint density at radius 3 is 2.81 bits per heavy atom. The number of hydrogen-bond donors (Lipinski definition) is 1. The molecule has 0 bridgehead atoms. The fraction of sp³-hybridized carbons (Fsp3) is 0.357. The van der Waals surface area contributed by atoms with Crippen LogP contribution in [0.2, 0.25) is 0 Å². The largest absolute Gasteiger partial charge is 0.486 e. The van der Waals surface area contributed by atoms with E-state index in [4.69, 9.17) is 9.26 Å². The van der Waals surface area contributed by atoms with E-state index in [1.165, 1.54) is 12.1 Å². The van der Waals surface area contributed by atoms with Crippen LogP contribution in [-0.2, 0) is 19.3 Å². The summed E-state index contributed by atoms with van der Waals surface area (Å²) in [6, 6.07) is 6.42. The van der Waals surface area contributed by atoms with Crippen molar-refractivity contribution in [1.29, 1.82) is 0 Å². The van der Waals surface area contributed by atoms with Crippen molar-refractivity contribution in [3.8, 4) is 5.75 Å². The summed E-state index contributed by atoms with van der Waals surface area (Å²) in [4.78, 5) is 0. The van der Waals surface area contributed by atoms with E-state index in [9.17, 15) is 13.2 Å². The zero-order valence-electron chi connectivity index (χ0n) is 11.4. The normalized spacial score (nSPS) is 11.6. The van der Waals surface area contributed by atoms with Crippen molar-refractivity contribution in [2.45, 2.75) is 26.3 Å². The zero-order valence-corrected chi connectivity index (χ0v) is 11.4. The molecule has 0 aliphatic heterocycles. The summed E-state index contributed by atoms with van der Waals surface area (Å²) in [5, 5.41) is 6.91. The van der Waals surface area contributed by atoms with Gasteiger partial charge in [0.2, 0.25) is 0 Å². The number of nitrogens with one attached hydrogen (secondary N) is 1. The maximum Gasteiger partial charge on any atom is 0.416 e. The van der Waals surface area contributed by atoms with E-state index in [0.29, 0.717) is 12.3 Å². The summed E-state index contributed by atoms with van der Waals surface area (Å²) in [6.07, 6.45) is -4.38. The van der Waals surface area contributed by atoms with Gasteiger partial charge in [0.1, 0.15) is 12.4 Å². The van der Waals surface area contributed by atoms with Crippen LogP contribution in [0.1, 0.15) is 23.9 Å². The third kappa shape index (κ3) is 4.49. The SMILES string of the molecule is CCNCc1cc(COc2cccc(C(F)(F)F)c2)on1. The van der Waals surface area contributed by atoms with Crippen LogP contribution in [0.3, 0.4) is 0 Å². The Morgan fingerprint density at radius 1 is 1.29 bits per heavy atom. The van der Waals surface area contributed by atoms with Crippen LogP contribution in [0.4, 0.5) is 13.2 Å². The summed E-state index contributed by atoms with van der Waals surface area (Å²) < 4.78 is 48.0. The van der Waals surface area contributed by atoms with Gasteiger partial charge in [-0.25, -0.2) is 0 Å². The van der Waals surface area contributed by atoms with Gasteiger partial charge in [0.25, 0.3) is 0 Å². The lowest BCUT2D eigenvalue weighted by Crippen LogP contribution is -2.11. The zero-order chi connectivity index (χ0) is 15.3. The van der Waals surface area contributed by atoms with Crippen LogP contribution < -0.4 is 10.1 Å². The third-order valence-electron chi connectivity index (χ3n) is 2.71. The molecule has 0 aliphatic carbocycles. The second-order valence-electron chi connectivity index (χ2n) is 4.38. The van der Waals surface area contributed by atoms with Crippen molar-refractivity contribution in [1.82, 2.24) is 10.5 Å². The highest BCUT2D eigenvalue weighted by molar-refractivity contribution is 5.30. The standard InChI is InChI=1S/C14H15F3N2O2/c1-2-18-8-11-7-13(21-19-11)9-20-12-5-3-4-10(6-12)14(15,16)17/h3-7,18H,2,8-9H2,1H3. The fourth-order valence-corrected chi connectivity index (χ4v) is 1.68. The molecule has 1 N–H and O–H groups in total. The molecule has 1 aromatic carbocycles. The van der Waals surface area contributed by atoms with Gasteiger partial charge in [-0.3, -0.25) is 0 Å². The number of benzene rings is 1. The van der Waals surface area contributed by atoms with E-state index >= 15 is 0 Å². The molecule has 0 saturated heterocycles. The average Bonchev–Trinajstić information content (AvgIpc) is 2.90. The molecule has 2 aromatic rings. The summed E-state index contributed by atoms with van der Waals surface area (Å²) in [5.41, 5.74) is -0.0232. The highest BCUT2D eigenvalue weighted by atomic mass is 19.4. The van der Waals surface area contributed by atoms with Crippen LogP contribution >= 0.6 is 0 Å². The van der Waals surface area contributed by atoms with Crippen LogP contribution in [0.15, 0.2) is 34.9 Å². The maximum absolute atomic E-state index is 12.6. The first-order valence-corrected chi connectivity index (χ1v) is 6.44. The van der Waals surface area contributed by atoms with Crippen molar-refractivity contribution < 1.29 is 22.4 Å². The van der Waals surface area contributed by atoms with E-state index in [0.717, 1.165) is 24.4 Å². The Hall–Kier alpha value is -2.02. The van der Waals surface area contributed by atoms with Gasteiger partial charge in [0.05, 0.1) is 11.3 Å². The van der Waals surface area contributed by atoms with Gasteiger partial charge in [0.15, 0.2) is 5.76 Å². The molecule has 7 heteroatoms. The van der Waals surface area contributed by atoms with Gasteiger partial charge < -0.3 is 14.6 Å². The molecule has 0 amide bonds. The number of aromatic nitrogens is 1. The summed E-state index contributed by atoms with van der Waals surface area (Å²) in [5.74, 6) is 0.592. The average molecular weight is 300 g/mol. The minimum Gasteiger partial charge on any atom is -0.486 e. The topological polar surface area (TPSA) is 47.3 Å². The number of halogens is 3. The molecule has 4 nitrogen and oxygen atoms in total. The molecule has 0 aliphatic rings. The molecule has 0 radical (unpaired) electrons. The summed E-state index contributed by atoms with van der Waals surface area (Å²) in [7, 11) is 0. The Balaban J connectivity index is 1.95. The van der Waals surface area contributed by atoms with Crippen LogP contribution in [0, 0.1) is 0 Å². The minimum atomic E-state index is -4.38. The van der Waals surface area contributed by atoms with Gasteiger partial charge in [-0.05, 0) is 24.7 Å². The lowest BCUT2D eigenvalue weighted by atomic mass is 10.2. The minimum absolute atomic E-state index is 0.0282. The highest BCUT2D eigenvalue weighted by Gasteiger charge is 2.30. The van der Waals surface area contributed by atoms with E-state index in [1.807, 2.05) is 6.92 Å². The van der Waals surface area contributed by atoms with E-state index in [-0.39, 0.29) is 12.4 Å². The first-order chi connectivity index (χ1) is 9.99. The van der Waals surface area contributed by atoms with Gasteiger partial charge in [-0.1, -0.05) is 18.1 Å². The number of ether oxygens (including phenoxy) is 1. The molecule has 1 aromatic heterocycles. The van der Waals surface area contributed by atoms with Crippen molar-refractivity contribution in [3.05, 3.63) is 47.3 Å². The molecule has 2 rings (SSSR count). The molecule has 0 saturated carbocycles. The lowest BCUT2D eigenvalue weighted by Gasteiger charge is -2.09. The van der Waals surface area contributed by atoms with Crippen LogP contribution in [-0.4, -0.2) is 11.7 Å². The van der Waals surface area contributed by atoms with Crippen molar-refractivity contribution in [3.63, 3.8) is 0 Å². The molecule has 0 atom stereocenters. The number of alkyl halides is 3. The Kier molecular flexibility index (Phi) is 4.85. The van der Waals surface area contributed by atoms with Crippen molar-refractivity contribution in [2.75, 3.05) is 6.54 Å². The number of hydrogen-bond acceptors (Lipinski definition) is 4. The Morgan fingerprint density at radius 2 is 2.10 bits per heavy atom. The predicted molar refractivity (Wildman–Crippen MR) is 69.7 cm³/mol. The van der Waals surface area contributed by atoms with Crippen LogP contribution in [0.5, 0.6) is 5.75 Å². The molecule has 0 fully saturated rings. The predicted octanol–water partition coefficient (Wildman–Crippen LogP) is 3.38. The van der Waals surface area contributed by atoms with E-state index in [2.05, 4.69) is 10.5 Å². The van der Waals surface area contributed by atoms with E-state index < -0.39 is 11.7 Å². The molecule has 114 valence electrons. The molecule has 1 heterocycles. The highest BCUT2D eigenvalue weighted by Crippen LogP contribution is 2.31. The van der Waals surface area contributed by atoms with Crippen molar-refractivity contribution >= 4 is 0 Å². The number of nitrogens with zero attached hydrogens (tertiary/aromatic N) is 1. The molecule has 21 heavy (non-hydrogen) atoms. The first kappa shape index (κ1) is 15.4. The summed E-state index contributed by atoms with van der Waals surface area (Å²) in [6.45, 7) is 3.38. The fourth-order valence-electron chi connectivity index (χ4n) is 1.68. The maximum atomic E-state index is 12.6. The molecule has 0 unspecified atom stereocenters. The Bertz CT molecular complexity index is 582. The van der Waals surface area contributed by atoms with Gasteiger partial charge in [-0.15, -0.1) is 0 Å². The number of rotatable bonds is 6. The monoisotopic (exact) mass is 300 g/mol. The van der Waals surface area contributed by atoms with Gasteiger partial charge in [-0.2, -0.15) is 13.2 Å².